The Morgan fingerprint density at radius 1 is 1.54 bits per heavy atom. The van der Waals surface area contributed by atoms with Gasteiger partial charge in [-0.25, -0.2) is 4.79 Å². The van der Waals surface area contributed by atoms with Crippen molar-refractivity contribution in [2.24, 2.45) is 0 Å². The maximum Gasteiger partial charge on any atom is 0.336 e. The first-order valence-corrected chi connectivity index (χ1v) is 4.62. The third-order valence-corrected chi connectivity index (χ3v) is 1.45. The Kier molecular flexibility index (Phi) is 6.24. The van der Waals surface area contributed by atoms with Crippen molar-refractivity contribution in [2.75, 3.05) is 6.61 Å². The van der Waals surface area contributed by atoms with Crippen molar-refractivity contribution in [2.45, 2.75) is 39.7 Å². The highest BCUT2D eigenvalue weighted by molar-refractivity contribution is 5.88. The molecule has 0 unspecified atom stereocenters. The minimum Gasteiger partial charge on any atom is -0.460 e. The molecule has 0 aliphatic rings. The molecule has 76 valence electrons. The summed E-state index contributed by atoms with van der Waals surface area (Å²) in [4.78, 5) is 11.2. The van der Waals surface area contributed by atoms with Gasteiger partial charge in [-0.1, -0.05) is 19.4 Å². The van der Waals surface area contributed by atoms with Gasteiger partial charge in [-0.2, -0.15) is 0 Å². The van der Waals surface area contributed by atoms with E-state index in [1.807, 2.05) is 6.92 Å². The number of aliphatic hydroxyl groups excluding tert-OH is 1. The van der Waals surface area contributed by atoms with Crippen LogP contribution in [0, 0.1) is 0 Å². The molecule has 0 fully saturated rings. The molecule has 0 heterocycles. The smallest absolute Gasteiger partial charge is 0.336 e. The van der Waals surface area contributed by atoms with Gasteiger partial charge >= 0.3 is 5.97 Å². The standard InChI is InChI=1S/C10H18O3/c1-4-5-6-9(7-11)10(12)13-8(2)3/h6,8,11H,4-5,7H2,1-3H3. The average molecular weight is 186 g/mol. The lowest BCUT2D eigenvalue weighted by Gasteiger charge is -2.08. The van der Waals surface area contributed by atoms with Gasteiger partial charge in [0.15, 0.2) is 0 Å². The molecule has 3 nitrogen and oxygen atoms in total. The molecule has 0 aliphatic carbocycles. The van der Waals surface area contributed by atoms with Crippen molar-refractivity contribution >= 4 is 5.97 Å². The Hall–Kier alpha value is -0.830. The molecular formula is C10H18O3. The molecule has 1 N–H and O–H groups in total. The second kappa shape index (κ2) is 6.66. The van der Waals surface area contributed by atoms with Gasteiger partial charge in [-0.15, -0.1) is 0 Å². The van der Waals surface area contributed by atoms with Gasteiger partial charge in [-0.3, -0.25) is 0 Å². The predicted octanol–water partition coefficient (Wildman–Crippen LogP) is 1.66. The van der Waals surface area contributed by atoms with Crippen LogP contribution in [0.3, 0.4) is 0 Å². The number of rotatable bonds is 5. The van der Waals surface area contributed by atoms with E-state index < -0.39 is 5.97 Å². The quantitative estimate of drug-likeness (QED) is 0.524. The van der Waals surface area contributed by atoms with Gasteiger partial charge in [0.25, 0.3) is 0 Å². The fraction of sp³-hybridized carbons (Fsp3) is 0.700. The van der Waals surface area contributed by atoms with E-state index in [-0.39, 0.29) is 12.7 Å². The zero-order valence-electron chi connectivity index (χ0n) is 8.54. The number of esters is 1. The lowest BCUT2D eigenvalue weighted by Crippen LogP contribution is -2.15. The molecule has 0 aliphatic heterocycles. The fourth-order valence-corrected chi connectivity index (χ4v) is 0.821. The van der Waals surface area contributed by atoms with E-state index in [0.717, 1.165) is 12.8 Å². The third kappa shape index (κ3) is 5.42. The minimum absolute atomic E-state index is 0.135. The lowest BCUT2D eigenvalue weighted by molar-refractivity contribution is -0.143. The summed E-state index contributed by atoms with van der Waals surface area (Å²) in [5, 5.41) is 8.87. The lowest BCUT2D eigenvalue weighted by atomic mass is 10.2. The van der Waals surface area contributed by atoms with Crippen molar-refractivity contribution in [3.8, 4) is 0 Å². The SMILES string of the molecule is CCCC=C(CO)C(=O)OC(C)C. The third-order valence-electron chi connectivity index (χ3n) is 1.45. The molecule has 0 rings (SSSR count). The number of allylic oxidation sites excluding steroid dienone is 1. The summed E-state index contributed by atoms with van der Waals surface area (Å²) in [7, 11) is 0. The maximum atomic E-state index is 11.2. The molecule has 0 amide bonds. The normalized spacial score (nSPS) is 11.9. The van der Waals surface area contributed by atoms with Crippen molar-refractivity contribution in [3.05, 3.63) is 11.6 Å². The van der Waals surface area contributed by atoms with Gasteiger partial charge in [-0.05, 0) is 20.3 Å². The van der Waals surface area contributed by atoms with Crippen LogP contribution in [0.2, 0.25) is 0 Å². The Morgan fingerprint density at radius 2 is 2.15 bits per heavy atom. The summed E-state index contributed by atoms with van der Waals surface area (Å²) in [6, 6.07) is 0. The molecule has 13 heavy (non-hydrogen) atoms. The number of hydrogen-bond donors (Lipinski definition) is 1. The molecule has 0 saturated heterocycles. The van der Waals surface area contributed by atoms with Crippen molar-refractivity contribution in [1.29, 1.82) is 0 Å². The number of aliphatic hydroxyl groups is 1. The van der Waals surface area contributed by atoms with E-state index >= 15 is 0 Å². The predicted molar refractivity (Wildman–Crippen MR) is 51.3 cm³/mol. The first kappa shape index (κ1) is 12.2. The molecule has 0 spiro atoms. The van der Waals surface area contributed by atoms with E-state index in [4.69, 9.17) is 9.84 Å². The highest BCUT2D eigenvalue weighted by Crippen LogP contribution is 2.03. The zero-order valence-corrected chi connectivity index (χ0v) is 8.54. The molecule has 0 aromatic rings. The monoisotopic (exact) mass is 186 g/mol. The molecule has 0 aromatic heterocycles. The first-order chi connectivity index (χ1) is 6.11. The van der Waals surface area contributed by atoms with E-state index in [2.05, 4.69) is 0 Å². The maximum absolute atomic E-state index is 11.2. The van der Waals surface area contributed by atoms with Gasteiger partial charge in [0.2, 0.25) is 0 Å². The van der Waals surface area contributed by atoms with Crippen LogP contribution in [0.25, 0.3) is 0 Å². The summed E-state index contributed by atoms with van der Waals surface area (Å²) < 4.78 is 4.93. The Labute approximate surface area is 79.4 Å². The van der Waals surface area contributed by atoms with Gasteiger partial charge in [0.1, 0.15) is 0 Å². The Balaban J connectivity index is 4.14. The second-order valence-corrected chi connectivity index (χ2v) is 3.13. The largest absolute Gasteiger partial charge is 0.460 e. The summed E-state index contributed by atoms with van der Waals surface area (Å²) in [5.74, 6) is -0.411. The van der Waals surface area contributed by atoms with E-state index in [9.17, 15) is 4.79 Å². The Morgan fingerprint density at radius 3 is 2.54 bits per heavy atom. The van der Waals surface area contributed by atoms with Crippen molar-refractivity contribution in [3.63, 3.8) is 0 Å². The topological polar surface area (TPSA) is 46.5 Å². The van der Waals surface area contributed by atoms with Crippen LogP contribution in [-0.4, -0.2) is 23.8 Å². The van der Waals surface area contributed by atoms with Crippen molar-refractivity contribution < 1.29 is 14.6 Å². The first-order valence-electron chi connectivity index (χ1n) is 4.62. The van der Waals surface area contributed by atoms with Crippen LogP contribution in [0.5, 0.6) is 0 Å². The van der Waals surface area contributed by atoms with Gasteiger partial charge in [0.05, 0.1) is 18.3 Å². The van der Waals surface area contributed by atoms with Crippen LogP contribution in [0.1, 0.15) is 33.6 Å². The van der Waals surface area contributed by atoms with E-state index in [0.29, 0.717) is 5.57 Å². The molecule has 3 heteroatoms. The van der Waals surface area contributed by atoms with Crippen LogP contribution in [0.4, 0.5) is 0 Å². The van der Waals surface area contributed by atoms with Gasteiger partial charge in [0, 0.05) is 0 Å². The zero-order chi connectivity index (χ0) is 10.3. The van der Waals surface area contributed by atoms with Crippen LogP contribution >= 0.6 is 0 Å². The number of ether oxygens (including phenoxy) is 1. The molecule has 0 aromatic carbocycles. The number of carbonyl (C=O) groups is 1. The van der Waals surface area contributed by atoms with Crippen LogP contribution < -0.4 is 0 Å². The van der Waals surface area contributed by atoms with Crippen LogP contribution in [0.15, 0.2) is 11.6 Å². The second-order valence-electron chi connectivity index (χ2n) is 3.13. The average Bonchev–Trinajstić information content (AvgIpc) is 2.04. The minimum atomic E-state index is -0.411. The molecule has 0 bridgehead atoms. The summed E-state index contributed by atoms with van der Waals surface area (Å²) in [6.07, 6.45) is 3.34. The van der Waals surface area contributed by atoms with E-state index in [1.54, 1.807) is 19.9 Å². The molecular weight excluding hydrogens is 168 g/mol. The highest BCUT2D eigenvalue weighted by atomic mass is 16.5. The van der Waals surface area contributed by atoms with Crippen molar-refractivity contribution in [1.82, 2.24) is 0 Å². The van der Waals surface area contributed by atoms with E-state index in [1.165, 1.54) is 0 Å². The number of unbranched alkanes of at least 4 members (excludes halogenated alkanes) is 1. The number of hydrogen-bond acceptors (Lipinski definition) is 3. The Bertz CT molecular complexity index is 183. The fourth-order valence-electron chi connectivity index (χ4n) is 0.821. The van der Waals surface area contributed by atoms with Crippen LogP contribution in [-0.2, 0) is 9.53 Å². The van der Waals surface area contributed by atoms with Gasteiger partial charge < -0.3 is 9.84 Å². The summed E-state index contributed by atoms with van der Waals surface area (Å²) >= 11 is 0. The summed E-state index contributed by atoms with van der Waals surface area (Å²) in [6.45, 7) is 5.34. The number of carbonyl (C=O) groups excluding carboxylic acids is 1. The highest BCUT2D eigenvalue weighted by Gasteiger charge is 2.10. The molecule has 0 saturated carbocycles. The molecule has 0 radical (unpaired) electrons. The molecule has 0 atom stereocenters. The summed E-state index contributed by atoms with van der Waals surface area (Å²) in [5.41, 5.74) is 0.357.